The Hall–Kier alpha value is -1.06. The van der Waals surface area contributed by atoms with Crippen molar-refractivity contribution in [2.24, 2.45) is 5.41 Å². The molecule has 0 radical (unpaired) electrons. The number of unbranched alkanes of at least 4 members (excludes halogenated alkanes) is 13. The zero-order valence-corrected chi connectivity index (χ0v) is 19.3. The summed E-state index contributed by atoms with van der Waals surface area (Å²) in [5.74, 6) is -0.805. The number of carbonyl (C=O) groups is 2. The van der Waals surface area contributed by atoms with Crippen molar-refractivity contribution >= 4 is 11.9 Å². The summed E-state index contributed by atoms with van der Waals surface area (Å²) < 4.78 is 10.1. The summed E-state index contributed by atoms with van der Waals surface area (Å²) in [6.07, 6.45) is 17.9. The SMILES string of the molecule is CCCCCCCCCCCCCCCCC(OC(=O)C(C)(C)C)C(=O)OC. The maximum atomic E-state index is 12.0. The van der Waals surface area contributed by atoms with E-state index in [2.05, 4.69) is 6.92 Å². The van der Waals surface area contributed by atoms with Crippen molar-refractivity contribution < 1.29 is 19.1 Å². The van der Waals surface area contributed by atoms with Gasteiger partial charge in [-0.15, -0.1) is 0 Å². The minimum atomic E-state index is -0.769. The Morgan fingerprint density at radius 3 is 1.46 bits per heavy atom. The van der Waals surface area contributed by atoms with Crippen LogP contribution in [0.3, 0.4) is 0 Å². The van der Waals surface area contributed by atoms with Crippen molar-refractivity contribution in [3.63, 3.8) is 0 Å². The van der Waals surface area contributed by atoms with E-state index in [1.54, 1.807) is 20.8 Å². The predicted octanol–water partition coefficient (Wildman–Crippen LogP) is 6.99. The van der Waals surface area contributed by atoms with Gasteiger partial charge in [0.05, 0.1) is 12.5 Å². The Morgan fingerprint density at radius 1 is 0.714 bits per heavy atom. The maximum absolute atomic E-state index is 12.0. The lowest BCUT2D eigenvalue weighted by molar-refractivity contribution is -0.172. The number of methoxy groups -OCH3 is 1. The van der Waals surface area contributed by atoms with Gasteiger partial charge >= 0.3 is 11.9 Å². The van der Waals surface area contributed by atoms with Crippen molar-refractivity contribution in [2.75, 3.05) is 7.11 Å². The second kappa shape index (κ2) is 16.9. The third-order valence-corrected chi connectivity index (χ3v) is 5.15. The third kappa shape index (κ3) is 14.9. The fourth-order valence-corrected chi connectivity index (χ4v) is 3.19. The lowest BCUT2D eigenvalue weighted by atomic mass is 9.97. The Bertz CT molecular complexity index is 398. The summed E-state index contributed by atoms with van der Waals surface area (Å²) in [5, 5.41) is 0. The molecule has 0 aliphatic heterocycles. The fraction of sp³-hybridized carbons (Fsp3) is 0.917. The Balaban J connectivity index is 3.67. The molecular formula is C24H46O4. The first-order valence-corrected chi connectivity index (χ1v) is 11.6. The van der Waals surface area contributed by atoms with Crippen LogP contribution in [0.1, 0.15) is 124 Å². The monoisotopic (exact) mass is 398 g/mol. The predicted molar refractivity (Wildman–Crippen MR) is 116 cm³/mol. The zero-order valence-electron chi connectivity index (χ0n) is 19.3. The van der Waals surface area contributed by atoms with Gasteiger partial charge in [-0.2, -0.15) is 0 Å². The lowest BCUT2D eigenvalue weighted by Gasteiger charge is -2.21. The van der Waals surface area contributed by atoms with Crippen LogP contribution in [0.15, 0.2) is 0 Å². The molecule has 0 aliphatic rings. The van der Waals surface area contributed by atoms with E-state index in [4.69, 9.17) is 9.47 Å². The van der Waals surface area contributed by atoms with E-state index in [0.29, 0.717) is 6.42 Å². The highest BCUT2D eigenvalue weighted by molar-refractivity contribution is 5.81. The molecule has 0 aliphatic carbocycles. The van der Waals surface area contributed by atoms with Crippen molar-refractivity contribution in [2.45, 2.75) is 130 Å². The molecule has 0 bridgehead atoms. The molecule has 0 aromatic rings. The first-order valence-electron chi connectivity index (χ1n) is 11.6. The van der Waals surface area contributed by atoms with Gasteiger partial charge in [0.15, 0.2) is 6.10 Å². The maximum Gasteiger partial charge on any atom is 0.347 e. The molecule has 4 heteroatoms. The first-order chi connectivity index (χ1) is 13.3. The molecule has 0 aromatic heterocycles. The molecular weight excluding hydrogens is 352 g/mol. The van der Waals surface area contributed by atoms with Crippen molar-refractivity contribution in [1.29, 1.82) is 0 Å². The van der Waals surface area contributed by atoms with Crippen LogP contribution in [0.2, 0.25) is 0 Å². The van der Waals surface area contributed by atoms with Crippen LogP contribution in [0.25, 0.3) is 0 Å². The van der Waals surface area contributed by atoms with E-state index in [1.165, 1.54) is 84.2 Å². The van der Waals surface area contributed by atoms with Gasteiger partial charge in [-0.25, -0.2) is 4.79 Å². The van der Waals surface area contributed by atoms with Crippen LogP contribution in [-0.4, -0.2) is 25.2 Å². The van der Waals surface area contributed by atoms with Gasteiger partial charge in [-0.3, -0.25) is 4.79 Å². The molecule has 0 heterocycles. The van der Waals surface area contributed by atoms with E-state index in [9.17, 15) is 9.59 Å². The molecule has 0 saturated carbocycles. The second-order valence-electron chi connectivity index (χ2n) is 9.05. The van der Waals surface area contributed by atoms with Gasteiger partial charge in [0.25, 0.3) is 0 Å². The highest BCUT2D eigenvalue weighted by Crippen LogP contribution is 2.19. The summed E-state index contributed by atoms with van der Waals surface area (Å²) in [6.45, 7) is 7.63. The normalized spacial score (nSPS) is 12.6. The standard InChI is InChI=1S/C24H46O4/c1-6-7-8-9-10-11-12-13-14-15-16-17-18-19-20-21(22(25)27-5)28-23(26)24(2,3)4/h21H,6-20H2,1-5H3. The fourth-order valence-electron chi connectivity index (χ4n) is 3.19. The Labute approximate surface area is 174 Å². The van der Waals surface area contributed by atoms with E-state index in [-0.39, 0.29) is 5.97 Å². The first kappa shape index (κ1) is 26.9. The largest absolute Gasteiger partial charge is 0.466 e. The van der Waals surface area contributed by atoms with Gasteiger partial charge in [0.1, 0.15) is 0 Å². The number of hydrogen-bond acceptors (Lipinski definition) is 4. The van der Waals surface area contributed by atoms with Crippen LogP contribution in [0, 0.1) is 5.41 Å². The summed E-state index contributed by atoms with van der Waals surface area (Å²) in [4.78, 5) is 23.9. The second-order valence-corrected chi connectivity index (χ2v) is 9.05. The van der Waals surface area contributed by atoms with Crippen molar-refractivity contribution in [3.8, 4) is 0 Å². The van der Waals surface area contributed by atoms with Gasteiger partial charge in [0, 0.05) is 0 Å². The lowest BCUT2D eigenvalue weighted by Crippen LogP contribution is -2.33. The zero-order chi connectivity index (χ0) is 21.3. The minimum absolute atomic E-state index is 0.353. The number of carbonyl (C=O) groups excluding carboxylic acids is 2. The molecule has 166 valence electrons. The molecule has 1 atom stereocenters. The van der Waals surface area contributed by atoms with Gasteiger partial charge < -0.3 is 9.47 Å². The highest BCUT2D eigenvalue weighted by atomic mass is 16.6. The molecule has 1 unspecified atom stereocenters. The summed E-state index contributed by atoms with van der Waals surface area (Å²) in [5.41, 5.74) is -0.609. The van der Waals surface area contributed by atoms with E-state index in [0.717, 1.165) is 12.8 Å². The summed E-state index contributed by atoms with van der Waals surface area (Å²) in [6, 6.07) is 0. The molecule has 0 saturated heterocycles. The van der Waals surface area contributed by atoms with E-state index < -0.39 is 17.5 Å². The van der Waals surface area contributed by atoms with E-state index in [1.807, 2.05) is 0 Å². The van der Waals surface area contributed by atoms with E-state index >= 15 is 0 Å². The summed E-state index contributed by atoms with van der Waals surface area (Å²) in [7, 11) is 1.34. The molecule has 0 N–H and O–H groups in total. The molecule has 0 rings (SSSR count). The number of rotatable bonds is 17. The summed E-state index contributed by atoms with van der Waals surface area (Å²) >= 11 is 0. The van der Waals surface area contributed by atoms with Crippen molar-refractivity contribution in [3.05, 3.63) is 0 Å². The van der Waals surface area contributed by atoms with Gasteiger partial charge in [-0.05, 0) is 33.6 Å². The molecule has 0 amide bonds. The molecule has 0 spiro atoms. The van der Waals surface area contributed by atoms with Crippen LogP contribution >= 0.6 is 0 Å². The quantitative estimate of drug-likeness (QED) is 0.196. The average molecular weight is 399 g/mol. The van der Waals surface area contributed by atoms with Gasteiger partial charge in [0.2, 0.25) is 0 Å². The van der Waals surface area contributed by atoms with Gasteiger partial charge in [-0.1, -0.05) is 90.4 Å². The Morgan fingerprint density at radius 2 is 1.11 bits per heavy atom. The number of ether oxygens (including phenoxy) is 2. The molecule has 28 heavy (non-hydrogen) atoms. The topological polar surface area (TPSA) is 52.6 Å². The highest BCUT2D eigenvalue weighted by Gasteiger charge is 2.30. The van der Waals surface area contributed by atoms with Crippen LogP contribution in [0.5, 0.6) is 0 Å². The van der Waals surface area contributed by atoms with Crippen LogP contribution in [0.4, 0.5) is 0 Å². The van der Waals surface area contributed by atoms with Crippen LogP contribution < -0.4 is 0 Å². The number of hydrogen-bond donors (Lipinski definition) is 0. The third-order valence-electron chi connectivity index (χ3n) is 5.15. The molecule has 0 fully saturated rings. The van der Waals surface area contributed by atoms with Crippen molar-refractivity contribution in [1.82, 2.24) is 0 Å². The molecule has 0 aromatic carbocycles. The number of esters is 2. The average Bonchev–Trinajstić information content (AvgIpc) is 2.65. The Kier molecular flexibility index (Phi) is 16.2. The smallest absolute Gasteiger partial charge is 0.347 e. The van der Waals surface area contributed by atoms with Crippen LogP contribution in [-0.2, 0) is 19.1 Å². The molecule has 4 nitrogen and oxygen atoms in total. The minimum Gasteiger partial charge on any atom is -0.466 e.